The molecule has 0 bridgehead atoms. The highest BCUT2D eigenvalue weighted by molar-refractivity contribution is 9.10. The van der Waals surface area contributed by atoms with E-state index in [4.69, 9.17) is 17.3 Å². The Labute approximate surface area is 132 Å². The van der Waals surface area contributed by atoms with Crippen LogP contribution in [0, 0.1) is 0 Å². The summed E-state index contributed by atoms with van der Waals surface area (Å²) in [6, 6.07) is 6.08. The molecule has 2 aromatic rings. The van der Waals surface area contributed by atoms with Crippen LogP contribution in [0.3, 0.4) is 0 Å². The van der Waals surface area contributed by atoms with Crippen molar-refractivity contribution in [2.75, 3.05) is 13.6 Å². The van der Waals surface area contributed by atoms with Gasteiger partial charge in [0.15, 0.2) is 0 Å². The van der Waals surface area contributed by atoms with Crippen molar-refractivity contribution < 1.29 is 0 Å². The van der Waals surface area contributed by atoms with Gasteiger partial charge in [-0.15, -0.1) is 0 Å². The van der Waals surface area contributed by atoms with Gasteiger partial charge in [0.05, 0.1) is 11.2 Å². The molecular formula is C14H18BrClN4. The van der Waals surface area contributed by atoms with Gasteiger partial charge in [0.25, 0.3) is 0 Å². The van der Waals surface area contributed by atoms with Gasteiger partial charge >= 0.3 is 0 Å². The van der Waals surface area contributed by atoms with Crippen LogP contribution < -0.4 is 5.73 Å². The Morgan fingerprint density at radius 3 is 2.80 bits per heavy atom. The molecule has 108 valence electrons. The minimum atomic E-state index is 0.142. The normalized spacial score (nSPS) is 12.9. The largest absolute Gasteiger partial charge is 0.329 e. The first kappa shape index (κ1) is 15.5. The molecule has 0 amide bonds. The molecule has 0 fully saturated rings. The molecule has 20 heavy (non-hydrogen) atoms. The Morgan fingerprint density at radius 2 is 2.25 bits per heavy atom. The highest BCUT2D eigenvalue weighted by Crippen LogP contribution is 2.28. The molecule has 1 aromatic carbocycles. The minimum absolute atomic E-state index is 0.142. The summed E-state index contributed by atoms with van der Waals surface area (Å²) >= 11 is 9.50. The van der Waals surface area contributed by atoms with Crippen molar-refractivity contribution in [2.24, 2.45) is 12.8 Å². The summed E-state index contributed by atoms with van der Waals surface area (Å²) in [5.74, 6) is 0. The van der Waals surface area contributed by atoms with Gasteiger partial charge < -0.3 is 5.73 Å². The summed E-state index contributed by atoms with van der Waals surface area (Å²) in [5, 5.41) is 4.89. The first-order valence-electron chi connectivity index (χ1n) is 6.34. The maximum absolute atomic E-state index is 6.04. The Hall–Kier alpha value is -0.880. The van der Waals surface area contributed by atoms with E-state index in [1.54, 1.807) is 4.68 Å². The lowest BCUT2D eigenvalue weighted by atomic mass is 10.1. The maximum atomic E-state index is 6.04. The third kappa shape index (κ3) is 3.61. The maximum Gasteiger partial charge on any atom is 0.0548 e. The highest BCUT2D eigenvalue weighted by atomic mass is 79.9. The second-order valence-corrected chi connectivity index (χ2v) is 6.12. The zero-order valence-corrected chi connectivity index (χ0v) is 13.9. The van der Waals surface area contributed by atoms with Crippen LogP contribution in [0.25, 0.3) is 0 Å². The highest BCUT2D eigenvalue weighted by Gasteiger charge is 2.17. The van der Waals surface area contributed by atoms with Crippen LogP contribution in [0.5, 0.6) is 0 Å². The van der Waals surface area contributed by atoms with Crippen LogP contribution in [0.2, 0.25) is 5.02 Å². The van der Waals surface area contributed by atoms with E-state index in [1.807, 2.05) is 37.6 Å². The van der Waals surface area contributed by atoms with Crippen molar-refractivity contribution in [3.8, 4) is 0 Å². The van der Waals surface area contributed by atoms with E-state index in [0.717, 1.165) is 16.6 Å². The fourth-order valence-electron chi connectivity index (χ4n) is 2.24. The Morgan fingerprint density at radius 1 is 1.50 bits per heavy atom. The van der Waals surface area contributed by atoms with Gasteiger partial charge in [0.2, 0.25) is 0 Å². The molecule has 0 aliphatic heterocycles. The van der Waals surface area contributed by atoms with E-state index in [2.05, 4.69) is 33.0 Å². The summed E-state index contributed by atoms with van der Waals surface area (Å²) < 4.78 is 2.70. The smallest absolute Gasteiger partial charge is 0.0548 e. The van der Waals surface area contributed by atoms with E-state index in [1.165, 1.54) is 5.56 Å². The summed E-state index contributed by atoms with van der Waals surface area (Å²) in [4.78, 5) is 2.21. The fourth-order valence-corrected chi connectivity index (χ4v) is 2.76. The number of halogens is 2. The summed E-state index contributed by atoms with van der Waals surface area (Å²) in [7, 11) is 3.98. The van der Waals surface area contributed by atoms with Crippen LogP contribution in [-0.2, 0) is 13.6 Å². The average Bonchev–Trinajstić information content (AvgIpc) is 2.80. The van der Waals surface area contributed by atoms with Crippen LogP contribution >= 0.6 is 27.5 Å². The number of likely N-dealkylation sites (N-methyl/N-ethyl adjacent to an activating group) is 1. The number of hydrogen-bond donors (Lipinski definition) is 1. The molecule has 1 atom stereocenters. The molecule has 0 aliphatic rings. The average molecular weight is 358 g/mol. The monoisotopic (exact) mass is 356 g/mol. The standard InChI is InChI=1S/C14H18BrClN4/c1-19(8-10-7-18-20(2)9-10)14(6-17)11-3-4-13(16)12(15)5-11/h3-5,7,9,14H,6,8,17H2,1-2H3. The first-order valence-corrected chi connectivity index (χ1v) is 7.51. The van der Waals surface area contributed by atoms with Crippen LogP contribution in [0.1, 0.15) is 17.2 Å². The molecule has 2 rings (SSSR count). The topological polar surface area (TPSA) is 47.1 Å². The number of rotatable bonds is 5. The van der Waals surface area contributed by atoms with Crippen molar-refractivity contribution in [2.45, 2.75) is 12.6 Å². The van der Waals surface area contributed by atoms with Crippen molar-refractivity contribution in [3.63, 3.8) is 0 Å². The summed E-state index contributed by atoms with van der Waals surface area (Å²) in [5.41, 5.74) is 8.26. The molecule has 1 unspecified atom stereocenters. The van der Waals surface area contributed by atoms with E-state index in [-0.39, 0.29) is 6.04 Å². The molecular weight excluding hydrogens is 340 g/mol. The van der Waals surface area contributed by atoms with Crippen molar-refractivity contribution in [3.05, 3.63) is 51.2 Å². The van der Waals surface area contributed by atoms with Gasteiger partial charge in [-0.3, -0.25) is 9.58 Å². The summed E-state index contributed by atoms with van der Waals surface area (Å²) in [6.45, 7) is 1.35. The van der Waals surface area contributed by atoms with E-state index < -0.39 is 0 Å². The second-order valence-electron chi connectivity index (χ2n) is 4.86. The zero-order chi connectivity index (χ0) is 14.7. The number of nitrogens with zero attached hydrogens (tertiary/aromatic N) is 3. The van der Waals surface area contributed by atoms with Crippen LogP contribution in [0.4, 0.5) is 0 Å². The van der Waals surface area contributed by atoms with Crippen molar-refractivity contribution >= 4 is 27.5 Å². The Kier molecular flexibility index (Phi) is 5.21. The van der Waals surface area contributed by atoms with Gasteiger partial charge in [-0.05, 0) is 40.7 Å². The molecule has 4 nitrogen and oxygen atoms in total. The van der Waals surface area contributed by atoms with Crippen molar-refractivity contribution in [1.29, 1.82) is 0 Å². The molecule has 0 spiro atoms. The van der Waals surface area contributed by atoms with Gasteiger partial charge in [-0.2, -0.15) is 5.10 Å². The lowest BCUT2D eigenvalue weighted by Gasteiger charge is -2.27. The molecule has 1 aromatic heterocycles. The quantitative estimate of drug-likeness (QED) is 0.895. The lowest BCUT2D eigenvalue weighted by molar-refractivity contribution is 0.241. The van der Waals surface area contributed by atoms with Crippen LogP contribution in [-0.4, -0.2) is 28.3 Å². The third-order valence-electron chi connectivity index (χ3n) is 3.27. The first-order chi connectivity index (χ1) is 9.51. The molecule has 0 radical (unpaired) electrons. The van der Waals surface area contributed by atoms with Crippen molar-refractivity contribution in [1.82, 2.24) is 14.7 Å². The van der Waals surface area contributed by atoms with Gasteiger partial charge in [-0.25, -0.2) is 0 Å². The van der Waals surface area contributed by atoms with E-state index >= 15 is 0 Å². The molecule has 2 N–H and O–H groups in total. The van der Waals surface area contributed by atoms with Gasteiger partial charge in [0, 0.05) is 42.4 Å². The zero-order valence-electron chi connectivity index (χ0n) is 11.6. The molecule has 6 heteroatoms. The van der Waals surface area contributed by atoms with E-state index in [9.17, 15) is 0 Å². The van der Waals surface area contributed by atoms with Gasteiger partial charge in [-0.1, -0.05) is 17.7 Å². The lowest BCUT2D eigenvalue weighted by Crippen LogP contribution is -2.30. The van der Waals surface area contributed by atoms with Gasteiger partial charge in [0.1, 0.15) is 0 Å². The predicted octanol–water partition coefficient (Wildman–Crippen LogP) is 2.97. The van der Waals surface area contributed by atoms with E-state index in [0.29, 0.717) is 11.6 Å². The molecule has 0 saturated carbocycles. The van der Waals surface area contributed by atoms with Crippen LogP contribution in [0.15, 0.2) is 35.1 Å². The number of benzene rings is 1. The number of aryl methyl sites for hydroxylation is 1. The summed E-state index contributed by atoms with van der Waals surface area (Å²) in [6.07, 6.45) is 3.89. The number of nitrogens with two attached hydrogens (primary N) is 1. The Balaban J connectivity index is 2.16. The number of aromatic nitrogens is 2. The fraction of sp³-hybridized carbons (Fsp3) is 0.357. The number of hydrogen-bond acceptors (Lipinski definition) is 3. The molecule has 0 aliphatic carbocycles. The SMILES string of the molecule is CN(Cc1cnn(C)c1)C(CN)c1ccc(Cl)c(Br)c1. The second kappa shape index (κ2) is 6.72. The minimum Gasteiger partial charge on any atom is -0.329 e. The predicted molar refractivity (Wildman–Crippen MR) is 85.6 cm³/mol. The molecule has 1 heterocycles. The third-order valence-corrected chi connectivity index (χ3v) is 4.49. The Bertz CT molecular complexity index is 584. The molecule has 0 saturated heterocycles.